The van der Waals surface area contributed by atoms with Gasteiger partial charge in [-0.1, -0.05) is 12.1 Å². The normalized spacial score (nSPS) is 11.0. The van der Waals surface area contributed by atoms with E-state index in [9.17, 15) is 9.18 Å². The Morgan fingerprint density at radius 2 is 1.89 bits per heavy atom. The van der Waals surface area contributed by atoms with Crippen molar-refractivity contribution >= 4 is 38.9 Å². The van der Waals surface area contributed by atoms with E-state index in [1.165, 1.54) is 28.2 Å². The van der Waals surface area contributed by atoms with Crippen LogP contribution in [0.4, 0.5) is 4.39 Å². The van der Waals surface area contributed by atoms with Crippen molar-refractivity contribution in [2.45, 2.75) is 25.9 Å². The predicted molar refractivity (Wildman–Crippen MR) is 110 cm³/mol. The van der Waals surface area contributed by atoms with E-state index in [0.717, 1.165) is 27.5 Å². The molecule has 0 aliphatic rings. The lowest BCUT2D eigenvalue weighted by Crippen LogP contribution is -2.05. The molecule has 0 radical (unpaired) electrons. The number of thiazole rings is 2. The lowest BCUT2D eigenvalue weighted by molar-refractivity contribution is -0.145. The zero-order valence-corrected chi connectivity index (χ0v) is 16.6. The van der Waals surface area contributed by atoms with Crippen LogP contribution in [0.15, 0.2) is 53.9 Å². The molecule has 142 valence electrons. The summed E-state index contributed by atoms with van der Waals surface area (Å²) < 4.78 is 19.5. The first-order chi connectivity index (χ1) is 13.7. The third-order valence-electron chi connectivity index (χ3n) is 4.13. The van der Waals surface area contributed by atoms with Crippen molar-refractivity contribution in [3.8, 4) is 10.6 Å². The zero-order valence-electron chi connectivity index (χ0n) is 14.9. The second-order valence-corrected chi connectivity index (χ2v) is 8.21. The number of esters is 1. The molecule has 0 bridgehead atoms. The summed E-state index contributed by atoms with van der Waals surface area (Å²) in [5, 5.41) is 3.67. The number of halogens is 1. The maximum absolute atomic E-state index is 13.0. The molecule has 0 N–H and O–H groups in total. The molecular formula is C21H17FN2O2S2. The van der Waals surface area contributed by atoms with Crippen LogP contribution in [0, 0.1) is 5.82 Å². The second-order valence-electron chi connectivity index (χ2n) is 6.24. The molecule has 2 aromatic heterocycles. The molecule has 0 unspecified atom stereocenters. The molecule has 0 amide bonds. The zero-order chi connectivity index (χ0) is 19.3. The molecule has 0 fully saturated rings. The fourth-order valence-electron chi connectivity index (χ4n) is 2.74. The molecule has 0 saturated heterocycles. The van der Waals surface area contributed by atoms with E-state index in [4.69, 9.17) is 4.74 Å². The fraction of sp³-hybridized carbons (Fsp3) is 0.190. The first kappa shape index (κ1) is 18.7. The van der Waals surface area contributed by atoms with Gasteiger partial charge in [-0.05, 0) is 49.2 Å². The van der Waals surface area contributed by atoms with Crippen molar-refractivity contribution in [3.63, 3.8) is 0 Å². The number of hydrogen-bond donors (Lipinski definition) is 0. The number of aryl methyl sites for hydroxylation is 1. The molecule has 4 rings (SSSR count). The summed E-state index contributed by atoms with van der Waals surface area (Å²) in [6.45, 7) is 0.150. The molecule has 0 atom stereocenters. The second kappa shape index (κ2) is 8.58. The molecular weight excluding hydrogens is 395 g/mol. The van der Waals surface area contributed by atoms with Crippen LogP contribution in [0.2, 0.25) is 0 Å². The van der Waals surface area contributed by atoms with Gasteiger partial charge in [0.1, 0.15) is 17.4 Å². The number of benzene rings is 2. The molecule has 2 heterocycles. The van der Waals surface area contributed by atoms with Gasteiger partial charge in [0.05, 0.1) is 20.9 Å². The van der Waals surface area contributed by atoms with Gasteiger partial charge in [0.25, 0.3) is 0 Å². The Hall–Kier alpha value is -2.64. The summed E-state index contributed by atoms with van der Waals surface area (Å²) in [5.74, 6) is -0.516. The lowest BCUT2D eigenvalue weighted by atomic mass is 10.2. The van der Waals surface area contributed by atoms with Crippen molar-refractivity contribution in [3.05, 3.63) is 70.4 Å². The Balaban J connectivity index is 1.24. The first-order valence-electron chi connectivity index (χ1n) is 8.88. The van der Waals surface area contributed by atoms with Crippen LogP contribution in [0.3, 0.4) is 0 Å². The van der Waals surface area contributed by atoms with E-state index in [2.05, 4.69) is 16.0 Å². The molecule has 0 spiro atoms. The molecule has 0 aliphatic carbocycles. The predicted octanol–water partition coefficient (Wildman–Crippen LogP) is 5.63. The van der Waals surface area contributed by atoms with E-state index >= 15 is 0 Å². The summed E-state index contributed by atoms with van der Waals surface area (Å²) in [6.07, 6.45) is 1.82. The Labute approximate surface area is 169 Å². The van der Waals surface area contributed by atoms with Crippen molar-refractivity contribution in [1.82, 2.24) is 9.97 Å². The number of aromatic nitrogens is 2. The van der Waals surface area contributed by atoms with Gasteiger partial charge < -0.3 is 4.74 Å². The van der Waals surface area contributed by atoms with Crippen molar-refractivity contribution in [1.29, 1.82) is 0 Å². The number of carbonyl (C=O) groups is 1. The van der Waals surface area contributed by atoms with Crippen LogP contribution in [0.1, 0.15) is 23.5 Å². The minimum atomic E-state index is -0.277. The van der Waals surface area contributed by atoms with Gasteiger partial charge in [-0.15, -0.1) is 22.7 Å². The van der Waals surface area contributed by atoms with Gasteiger partial charge in [0.2, 0.25) is 0 Å². The van der Waals surface area contributed by atoms with Crippen molar-refractivity contribution < 1.29 is 13.9 Å². The van der Waals surface area contributed by atoms with E-state index in [1.807, 2.05) is 23.6 Å². The highest BCUT2D eigenvalue weighted by Gasteiger charge is 2.09. The SMILES string of the molecule is O=C(CCCc1nc2ccccc2s1)OCc1csc(-c2ccc(F)cc2)n1. The number of rotatable bonds is 7. The molecule has 4 aromatic rings. The molecule has 0 saturated carbocycles. The van der Waals surface area contributed by atoms with Gasteiger partial charge in [-0.3, -0.25) is 4.79 Å². The molecule has 28 heavy (non-hydrogen) atoms. The Kier molecular flexibility index (Phi) is 5.73. The summed E-state index contributed by atoms with van der Waals surface area (Å²) in [4.78, 5) is 21.0. The van der Waals surface area contributed by atoms with Gasteiger partial charge in [-0.25, -0.2) is 14.4 Å². The van der Waals surface area contributed by atoms with Crippen molar-refractivity contribution in [2.24, 2.45) is 0 Å². The van der Waals surface area contributed by atoms with Gasteiger partial charge in [-0.2, -0.15) is 0 Å². The van der Waals surface area contributed by atoms with Gasteiger partial charge >= 0.3 is 5.97 Å². The number of ether oxygens (including phenoxy) is 1. The number of fused-ring (bicyclic) bond motifs is 1. The Morgan fingerprint density at radius 1 is 1.07 bits per heavy atom. The monoisotopic (exact) mass is 412 g/mol. The summed E-state index contributed by atoms with van der Waals surface area (Å²) in [5.41, 5.74) is 2.55. The third kappa shape index (κ3) is 4.61. The van der Waals surface area contributed by atoms with Crippen molar-refractivity contribution in [2.75, 3.05) is 0 Å². The number of hydrogen-bond acceptors (Lipinski definition) is 6. The Bertz CT molecular complexity index is 1060. The topological polar surface area (TPSA) is 52.1 Å². The summed E-state index contributed by atoms with van der Waals surface area (Å²) >= 11 is 3.11. The van der Waals surface area contributed by atoms with Gasteiger partial charge in [0.15, 0.2) is 0 Å². The first-order valence-corrected chi connectivity index (χ1v) is 10.6. The standard InChI is InChI=1S/C21H17FN2O2S2/c22-15-10-8-14(9-11-15)21-23-16(13-27-21)12-26-20(25)7-3-6-19-24-17-4-1-2-5-18(17)28-19/h1-2,4-5,8-11,13H,3,6-7,12H2. The van der Waals surface area contributed by atoms with E-state index in [0.29, 0.717) is 18.5 Å². The smallest absolute Gasteiger partial charge is 0.306 e. The van der Waals surface area contributed by atoms with Crippen LogP contribution >= 0.6 is 22.7 Å². The highest BCUT2D eigenvalue weighted by Crippen LogP contribution is 2.25. The third-order valence-corrected chi connectivity index (χ3v) is 6.17. The average molecular weight is 413 g/mol. The summed E-state index contributed by atoms with van der Waals surface area (Å²) in [6, 6.07) is 14.2. The van der Waals surface area contributed by atoms with Crippen LogP contribution in [-0.2, 0) is 22.6 Å². The Morgan fingerprint density at radius 3 is 2.71 bits per heavy atom. The highest BCUT2D eigenvalue weighted by molar-refractivity contribution is 7.18. The van der Waals surface area contributed by atoms with Crippen LogP contribution in [0.25, 0.3) is 20.8 Å². The molecule has 2 aromatic carbocycles. The van der Waals surface area contributed by atoms with Crippen LogP contribution in [-0.4, -0.2) is 15.9 Å². The van der Waals surface area contributed by atoms with Crippen LogP contribution in [0.5, 0.6) is 0 Å². The number of para-hydroxylation sites is 1. The maximum Gasteiger partial charge on any atom is 0.306 e. The van der Waals surface area contributed by atoms with E-state index in [-0.39, 0.29) is 18.4 Å². The lowest BCUT2D eigenvalue weighted by Gasteiger charge is -2.02. The van der Waals surface area contributed by atoms with E-state index in [1.54, 1.807) is 23.5 Å². The van der Waals surface area contributed by atoms with E-state index < -0.39 is 0 Å². The molecule has 7 heteroatoms. The maximum atomic E-state index is 13.0. The largest absolute Gasteiger partial charge is 0.459 e. The minimum Gasteiger partial charge on any atom is -0.459 e. The van der Waals surface area contributed by atoms with Gasteiger partial charge in [0, 0.05) is 17.4 Å². The summed E-state index contributed by atoms with van der Waals surface area (Å²) in [7, 11) is 0. The number of nitrogens with zero attached hydrogens (tertiary/aromatic N) is 2. The fourth-order valence-corrected chi connectivity index (χ4v) is 4.56. The quantitative estimate of drug-likeness (QED) is 0.370. The molecule has 4 nitrogen and oxygen atoms in total. The molecule has 0 aliphatic heterocycles. The number of carbonyl (C=O) groups excluding carboxylic acids is 1. The highest BCUT2D eigenvalue weighted by atomic mass is 32.1. The van der Waals surface area contributed by atoms with Crippen LogP contribution < -0.4 is 0 Å². The minimum absolute atomic E-state index is 0.150. The average Bonchev–Trinajstić information content (AvgIpc) is 3.33.